The van der Waals surface area contributed by atoms with Gasteiger partial charge in [0.05, 0.1) is 15.4 Å². The van der Waals surface area contributed by atoms with Crippen LogP contribution in [-0.4, -0.2) is 30.6 Å². The van der Waals surface area contributed by atoms with Crippen LogP contribution in [0.15, 0.2) is 46.2 Å². The molecule has 2 atom stereocenters. The average molecular weight is 487 g/mol. The number of ether oxygens (including phenoxy) is 1. The number of benzene rings is 2. The van der Waals surface area contributed by atoms with Gasteiger partial charge in [-0.2, -0.15) is 0 Å². The van der Waals surface area contributed by atoms with Crippen molar-refractivity contribution in [2.75, 3.05) is 0 Å². The Kier molecular flexibility index (Phi) is 5.16. The Morgan fingerprint density at radius 1 is 1.12 bits per heavy atom. The van der Waals surface area contributed by atoms with Gasteiger partial charge in [-0.25, -0.2) is 13.2 Å². The van der Waals surface area contributed by atoms with E-state index in [1.807, 2.05) is 7.05 Å². The van der Waals surface area contributed by atoms with E-state index in [4.69, 9.17) is 16.3 Å². The Balaban J connectivity index is 1.83. The van der Waals surface area contributed by atoms with Gasteiger partial charge in [-0.15, -0.1) is 0 Å². The number of carbonyl (C=O) groups excluding carboxylic acids is 1. The Bertz CT molecular complexity index is 1380. The van der Waals surface area contributed by atoms with E-state index in [1.54, 1.807) is 26.8 Å². The first-order chi connectivity index (χ1) is 15.5. The fourth-order valence-electron chi connectivity index (χ4n) is 5.15. The molecule has 0 saturated carbocycles. The van der Waals surface area contributed by atoms with E-state index in [-0.39, 0.29) is 21.4 Å². The summed E-state index contributed by atoms with van der Waals surface area (Å²) in [5.74, 6) is -0.630. The Hall–Kier alpha value is -2.35. The second-order valence-corrected chi connectivity index (χ2v) is 12.3. The highest BCUT2D eigenvalue weighted by molar-refractivity contribution is 7.91. The van der Waals surface area contributed by atoms with Crippen LogP contribution in [0.25, 0.3) is 10.9 Å². The van der Waals surface area contributed by atoms with E-state index in [9.17, 15) is 13.2 Å². The third-order valence-corrected chi connectivity index (χ3v) is 8.60. The number of nitrogens with one attached hydrogen (secondary N) is 1. The van der Waals surface area contributed by atoms with E-state index < -0.39 is 21.4 Å². The summed E-state index contributed by atoms with van der Waals surface area (Å²) in [6, 6.07) is 9.83. The summed E-state index contributed by atoms with van der Waals surface area (Å²) in [6.07, 6.45) is 2.87. The number of nitrogens with zero attached hydrogens (tertiary/aromatic N) is 1. The molecule has 0 spiro atoms. The Labute approximate surface area is 198 Å². The van der Waals surface area contributed by atoms with Crippen LogP contribution in [0.3, 0.4) is 0 Å². The average Bonchev–Trinajstić information content (AvgIpc) is 3.25. The van der Waals surface area contributed by atoms with Crippen molar-refractivity contribution in [3.05, 3.63) is 58.2 Å². The van der Waals surface area contributed by atoms with Crippen molar-refractivity contribution in [1.29, 1.82) is 0 Å². The van der Waals surface area contributed by atoms with Crippen molar-refractivity contribution in [2.45, 2.75) is 67.5 Å². The van der Waals surface area contributed by atoms with Crippen molar-refractivity contribution in [2.24, 2.45) is 7.05 Å². The molecule has 2 aromatic carbocycles. The van der Waals surface area contributed by atoms with Gasteiger partial charge >= 0.3 is 5.97 Å². The molecule has 1 N–H and O–H groups in total. The van der Waals surface area contributed by atoms with Crippen LogP contribution in [0.5, 0.6) is 0 Å². The highest BCUT2D eigenvalue weighted by atomic mass is 35.5. The maximum Gasteiger partial charge on any atom is 0.340 e. The Morgan fingerprint density at radius 2 is 1.82 bits per heavy atom. The van der Waals surface area contributed by atoms with E-state index in [2.05, 4.69) is 9.88 Å². The summed E-state index contributed by atoms with van der Waals surface area (Å²) in [6.45, 7) is 5.34. The molecule has 2 unspecified atom stereocenters. The van der Waals surface area contributed by atoms with Crippen molar-refractivity contribution in [1.82, 2.24) is 9.88 Å². The van der Waals surface area contributed by atoms with Gasteiger partial charge in [0.1, 0.15) is 5.60 Å². The van der Waals surface area contributed by atoms with Crippen LogP contribution < -0.4 is 5.32 Å². The lowest BCUT2D eigenvalue weighted by molar-refractivity contribution is 0.00675. The smallest absolute Gasteiger partial charge is 0.340 e. The summed E-state index contributed by atoms with van der Waals surface area (Å²) in [7, 11) is -2.01. The van der Waals surface area contributed by atoms with E-state index in [0.29, 0.717) is 16.5 Å². The van der Waals surface area contributed by atoms with Crippen molar-refractivity contribution in [3.8, 4) is 0 Å². The number of aryl methyl sites for hydroxylation is 1. The van der Waals surface area contributed by atoms with Crippen molar-refractivity contribution < 1.29 is 17.9 Å². The molecule has 3 aromatic rings. The van der Waals surface area contributed by atoms with Gasteiger partial charge in [0.2, 0.25) is 9.84 Å². The molecule has 5 rings (SSSR count). The van der Waals surface area contributed by atoms with E-state index in [0.717, 1.165) is 36.0 Å². The van der Waals surface area contributed by atoms with Gasteiger partial charge < -0.3 is 14.6 Å². The molecule has 174 valence electrons. The maximum atomic E-state index is 13.7. The van der Waals surface area contributed by atoms with Gasteiger partial charge in [0.25, 0.3) is 0 Å². The first-order valence-electron chi connectivity index (χ1n) is 11.1. The van der Waals surface area contributed by atoms with Crippen LogP contribution in [0.1, 0.15) is 61.3 Å². The molecule has 0 amide bonds. The number of hydrogen-bond acceptors (Lipinski definition) is 5. The number of halogens is 1. The molecule has 6 nitrogen and oxygen atoms in total. The largest absolute Gasteiger partial charge is 0.456 e. The van der Waals surface area contributed by atoms with Crippen LogP contribution in [0, 0.1) is 0 Å². The molecule has 1 saturated heterocycles. The zero-order valence-corrected chi connectivity index (χ0v) is 20.7. The van der Waals surface area contributed by atoms with Gasteiger partial charge in [-0.3, -0.25) is 0 Å². The predicted octanol–water partition coefficient (Wildman–Crippen LogP) is 4.97. The van der Waals surface area contributed by atoms with Gasteiger partial charge in [0.15, 0.2) is 0 Å². The third-order valence-electron chi connectivity index (χ3n) is 6.54. The zero-order chi connectivity index (χ0) is 23.7. The maximum absolute atomic E-state index is 13.7. The first kappa shape index (κ1) is 22.4. The van der Waals surface area contributed by atoms with E-state index in [1.165, 1.54) is 30.3 Å². The minimum Gasteiger partial charge on any atom is -0.456 e. The number of carbonyl (C=O) groups is 1. The number of rotatable bonds is 3. The predicted molar refractivity (Wildman–Crippen MR) is 128 cm³/mol. The SMILES string of the molecule is Cn1c2c(c3c(C(=O)OC(C)(C)C)c(S(=O)(=O)c4ccc(Cl)cc4)ccc31)C1CCC(C2)N1. The molecule has 2 bridgehead atoms. The third kappa shape index (κ3) is 3.66. The highest BCUT2D eigenvalue weighted by Crippen LogP contribution is 2.44. The van der Waals surface area contributed by atoms with Crippen molar-refractivity contribution in [3.63, 3.8) is 0 Å². The molecule has 2 aliphatic heterocycles. The first-order valence-corrected chi connectivity index (χ1v) is 13.0. The number of esters is 1. The minimum atomic E-state index is -4.00. The molecule has 0 radical (unpaired) electrons. The number of fused-ring (bicyclic) bond motifs is 6. The summed E-state index contributed by atoms with van der Waals surface area (Å²) < 4.78 is 35.3. The lowest BCUT2D eigenvalue weighted by Gasteiger charge is -2.24. The minimum absolute atomic E-state index is 0.0416. The molecule has 33 heavy (non-hydrogen) atoms. The lowest BCUT2D eigenvalue weighted by Crippen LogP contribution is -2.32. The van der Waals surface area contributed by atoms with E-state index >= 15 is 0 Å². The van der Waals surface area contributed by atoms with Gasteiger partial charge in [-0.1, -0.05) is 11.6 Å². The topological polar surface area (TPSA) is 77.4 Å². The molecule has 3 heterocycles. The number of hydrogen-bond donors (Lipinski definition) is 1. The quantitative estimate of drug-likeness (QED) is 0.529. The monoisotopic (exact) mass is 486 g/mol. The molecule has 1 fully saturated rings. The van der Waals surface area contributed by atoms with Gasteiger partial charge in [-0.05, 0) is 75.6 Å². The Morgan fingerprint density at radius 3 is 2.48 bits per heavy atom. The van der Waals surface area contributed by atoms with Crippen LogP contribution >= 0.6 is 11.6 Å². The zero-order valence-electron chi connectivity index (χ0n) is 19.1. The molecular weight excluding hydrogens is 460 g/mol. The normalized spacial score (nSPS) is 20.2. The molecule has 2 aliphatic rings. The fraction of sp³-hybridized carbons (Fsp3) is 0.400. The second-order valence-electron chi connectivity index (χ2n) is 9.91. The summed E-state index contributed by atoms with van der Waals surface area (Å²) in [5.41, 5.74) is 2.36. The van der Waals surface area contributed by atoms with Crippen molar-refractivity contribution >= 4 is 38.3 Å². The van der Waals surface area contributed by atoms with Gasteiger partial charge in [0, 0.05) is 47.2 Å². The fourth-order valence-corrected chi connectivity index (χ4v) is 6.73. The molecule has 0 aliphatic carbocycles. The number of sulfone groups is 1. The number of aromatic nitrogens is 1. The standard InChI is InChI=1S/C25H27ClN2O4S/c1-25(2,3)32-24(29)23-20(33(30,31)16-8-5-14(26)6-9-16)12-11-18-22(23)21-17-10-7-15(27-17)13-19(21)28(18)4/h5-6,8-9,11-12,15,17,27H,7,10,13H2,1-4H3. The van der Waals surface area contributed by atoms with Crippen LogP contribution in [0.4, 0.5) is 0 Å². The second kappa shape index (κ2) is 7.58. The summed E-state index contributed by atoms with van der Waals surface area (Å²) >= 11 is 5.98. The lowest BCUT2D eigenvalue weighted by atomic mass is 9.96. The molecule has 8 heteroatoms. The highest BCUT2D eigenvalue weighted by Gasteiger charge is 2.39. The molecular formula is C25H27ClN2O4S. The summed E-state index contributed by atoms with van der Waals surface area (Å²) in [5, 5.41) is 4.75. The molecule has 1 aromatic heterocycles. The van der Waals surface area contributed by atoms with Crippen LogP contribution in [-0.2, 0) is 28.0 Å². The van der Waals surface area contributed by atoms with Crippen LogP contribution in [0.2, 0.25) is 5.02 Å². The summed E-state index contributed by atoms with van der Waals surface area (Å²) in [4.78, 5) is 13.6.